The van der Waals surface area contributed by atoms with Crippen molar-refractivity contribution in [3.63, 3.8) is 0 Å². The molecule has 0 bridgehead atoms. The number of hydrogen-bond donors (Lipinski definition) is 0. The van der Waals surface area contributed by atoms with Crippen molar-refractivity contribution < 1.29 is 28.6 Å². The molecular weight excluding hydrogens is 901 g/mol. The number of esters is 3. The number of hydrogen-bond acceptors (Lipinski definition) is 6. The Morgan fingerprint density at radius 3 is 0.918 bits per heavy atom. The van der Waals surface area contributed by atoms with E-state index in [2.05, 4.69) is 99.8 Å². The van der Waals surface area contributed by atoms with Crippen molar-refractivity contribution in [3.05, 3.63) is 85.1 Å². The maximum absolute atomic E-state index is 12.9. The summed E-state index contributed by atoms with van der Waals surface area (Å²) in [6.07, 6.45) is 80.2. The maximum atomic E-state index is 12.9. The van der Waals surface area contributed by atoms with Crippen molar-refractivity contribution in [1.29, 1.82) is 0 Å². The molecule has 73 heavy (non-hydrogen) atoms. The lowest BCUT2D eigenvalue weighted by Crippen LogP contribution is -2.30. The second-order valence-electron chi connectivity index (χ2n) is 20.6. The highest BCUT2D eigenvalue weighted by atomic mass is 16.6. The highest BCUT2D eigenvalue weighted by Crippen LogP contribution is 2.16. The van der Waals surface area contributed by atoms with Crippen LogP contribution in [0, 0.1) is 0 Å². The minimum atomic E-state index is -0.808. The fourth-order valence-electron chi connectivity index (χ4n) is 8.76. The first kappa shape index (κ1) is 69.6. The van der Waals surface area contributed by atoms with Gasteiger partial charge < -0.3 is 14.2 Å². The van der Waals surface area contributed by atoms with E-state index in [1.165, 1.54) is 180 Å². The minimum absolute atomic E-state index is 0.0996. The van der Waals surface area contributed by atoms with Gasteiger partial charge in [-0.3, -0.25) is 14.4 Å². The van der Waals surface area contributed by atoms with Crippen LogP contribution in [0.25, 0.3) is 0 Å². The van der Waals surface area contributed by atoms with Gasteiger partial charge in [-0.2, -0.15) is 0 Å². The van der Waals surface area contributed by atoms with Gasteiger partial charge >= 0.3 is 17.9 Å². The molecule has 0 saturated carbocycles. The third-order valence-corrected chi connectivity index (χ3v) is 13.4. The molecule has 0 aromatic heterocycles. The zero-order valence-electron chi connectivity index (χ0n) is 48.1. The molecule has 6 heteroatoms. The summed E-state index contributed by atoms with van der Waals surface area (Å²) in [4.78, 5) is 38.3. The SMILES string of the molecule is CC/C=C\C/C=C\C/C=C\C/C=C\C/C=C\C/C=C\CCC(=O)OC[C@@H](COC(=O)CCCCCCCCC/C=C\CCCCCCCC)OC(=O)CCCCCCCCCCCCCCCCCCCCC. The number of unbranched alkanes of at least 4 members (excludes halogenated alkanes) is 31. The number of rotatable bonds is 56. The Hall–Kier alpha value is -3.41. The van der Waals surface area contributed by atoms with Crippen LogP contribution in [0.15, 0.2) is 85.1 Å². The molecule has 0 heterocycles. The zero-order valence-corrected chi connectivity index (χ0v) is 48.1. The molecule has 0 aromatic carbocycles. The van der Waals surface area contributed by atoms with Crippen LogP contribution in [0.1, 0.15) is 303 Å². The van der Waals surface area contributed by atoms with Crippen LogP contribution in [-0.4, -0.2) is 37.2 Å². The topological polar surface area (TPSA) is 78.9 Å². The van der Waals surface area contributed by atoms with Crippen molar-refractivity contribution >= 4 is 17.9 Å². The smallest absolute Gasteiger partial charge is 0.306 e. The van der Waals surface area contributed by atoms with Crippen LogP contribution in [0.4, 0.5) is 0 Å². The maximum Gasteiger partial charge on any atom is 0.306 e. The second-order valence-corrected chi connectivity index (χ2v) is 20.6. The van der Waals surface area contributed by atoms with E-state index in [-0.39, 0.29) is 37.5 Å². The van der Waals surface area contributed by atoms with Gasteiger partial charge in [0.2, 0.25) is 0 Å². The predicted octanol–water partition coefficient (Wildman–Crippen LogP) is 21.1. The van der Waals surface area contributed by atoms with E-state index in [1.54, 1.807) is 0 Å². The molecule has 0 aliphatic rings. The average molecular weight is 1020 g/mol. The Labute approximate surface area is 452 Å². The van der Waals surface area contributed by atoms with Crippen molar-refractivity contribution in [1.82, 2.24) is 0 Å². The minimum Gasteiger partial charge on any atom is -0.462 e. The van der Waals surface area contributed by atoms with Crippen LogP contribution < -0.4 is 0 Å². The molecule has 0 unspecified atom stereocenters. The standard InChI is InChI=1S/C67H116O6/c1-4-7-10-13-16-19-22-25-28-31-33-36-39-42-45-48-51-54-57-60-66(69)72-63-64(62-71-65(68)59-56-53-50-47-44-41-38-35-30-27-24-21-18-15-12-9-6-3)73-67(70)61-58-55-52-49-46-43-40-37-34-32-29-26-23-20-17-14-11-8-5-2/h7,10,16,19,25,27-28,30,33,36,42,45,51,54,64H,4-6,8-9,11-15,17-18,20-24,26,29,31-32,34-35,37-41,43-44,46-50,52-53,55-63H2,1-3H3/b10-7-,19-16-,28-25-,30-27-,36-33-,45-42-,54-51-/t64-/m1/s1. The van der Waals surface area contributed by atoms with E-state index in [9.17, 15) is 14.4 Å². The third kappa shape index (κ3) is 59.3. The summed E-state index contributed by atoms with van der Waals surface area (Å²) in [5.74, 6) is -0.978. The molecule has 0 fully saturated rings. The quantitative estimate of drug-likeness (QED) is 0.0261. The highest BCUT2D eigenvalue weighted by Gasteiger charge is 2.19. The summed E-state index contributed by atoms with van der Waals surface area (Å²) in [5, 5.41) is 0. The summed E-state index contributed by atoms with van der Waals surface area (Å²) < 4.78 is 16.9. The summed E-state index contributed by atoms with van der Waals surface area (Å²) in [6, 6.07) is 0. The second kappa shape index (κ2) is 61.1. The lowest BCUT2D eigenvalue weighted by Gasteiger charge is -2.18. The van der Waals surface area contributed by atoms with E-state index in [1.807, 2.05) is 6.08 Å². The Morgan fingerprint density at radius 2 is 0.562 bits per heavy atom. The van der Waals surface area contributed by atoms with Gasteiger partial charge in [0.05, 0.1) is 0 Å². The van der Waals surface area contributed by atoms with Crippen molar-refractivity contribution in [2.75, 3.05) is 13.2 Å². The molecule has 0 aromatic rings. The largest absolute Gasteiger partial charge is 0.462 e. The van der Waals surface area contributed by atoms with Crippen LogP contribution >= 0.6 is 0 Å². The van der Waals surface area contributed by atoms with Crippen LogP contribution in [0.3, 0.4) is 0 Å². The van der Waals surface area contributed by atoms with E-state index < -0.39 is 6.10 Å². The van der Waals surface area contributed by atoms with Crippen LogP contribution in [0.5, 0.6) is 0 Å². The highest BCUT2D eigenvalue weighted by molar-refractivity contribution is 5.71. The fraction of sp³-hybridized carbons (Fsp3) is 0.746. The van der Waals surface area contributed by atoms with Gasteiger partial charge in [-0.1, -0.05) is 286 Å². The van der Waals surface area contributed by atoms with Gasteiger partial charge in [-0.15, -0.1) is 0 Å². The molecule has 0 aliphatic carbocycles. The molecule has 0 aliphatic heterocycles. The monoisotopic (exact) mass is 1020 g/mol. The molecule has 6 nitrogen and oxygen atoms in total. The molecule has 0 spiro atoms. The van der Waals surface area contributed by atoms with E-state index in [0.717, 1.165) is 77.0 Å². The molecule has 0 rings (SSSR count). The predicted molar refractivity (Wildman–Crippen MR) is 316 cm³/mol. The van der Waals surface area contributed by atoms with Gasteiger partial charge in [0, 0.05) is 19.3 Å². The molecule has 1 atom stereocenters. The van der Waals surface area contributed by atoms with Crippen molar-refractivity contribution in [3.8, 4) is 0 Å². The van der Waals surface area contributed by atoms with Crippen molar-refractivity contribution in [2.45, 2.75) is 309 Å². The van der Waals surface area contributed by atoms with E-state index in [0.29, 0.717) is 19.3 Å². The number of allylic oxidation sites excluding steroid dienone is 14. The fourth-order valence-corrected chi connectivity index (χ4v) is 8.76. The third-order valence-electron chi connectivity index (χ3n) is 13.4. The molecule has 0 amide bonds. The van der Waals surface area contributed by atoms with Gasteiger partial charge in [0.25, 0.3) is 0 Å². The van der Waals surface area contributed by atoms with Gasteiger partial charge in [-0.25, -0.2) is 0 Å². The zero-order chi connectivity index (χ0) is 52.9. The molecule has 0 saturated heterocycles. The summed E-state index contributed by atoms with van der Waals surface area (Å²) in [6.45, 7) is 6.49. The van der Waals surface area contributed by atoms with Gasteiger partial charge in [0.15, 0.2) is 6.10 Å². The lowest BCUT2D eigenvalue weighted by molar-refractivity contribution is -0.166. The van der Waals surface area contributed by atoms with E-state index in [4.69, 9.17) is 14.2 Å². The van der Waals surface area contributed by atoms with Crippen LogP contribution in [0.2, 0.25) is 0 Å². The normalized spacial score (nSPS) is 12.6. The summed E-state index contributed by atoms with van der Waals surface area (Å²) in [5.41, 5.74) is 0. The Bertz CT molecular complexity index is 1400. The Morgan fingerprint density at radius 1 is 0.288 bits per heavy atom. The van der Waals surface area contributed by atoms with Crippen molar-refractivity contribution in [2.24, 2.45) is 0 Å². The molecule has 0 radical (unpaired) electrons. The first-order valence-electron chi connectivity index (χ1n) is 31.1. The lowest BCUT2D eigenvalue weighted by atomic mass is 10.0. The Kier molecular flexibility index (Phi) is 58.3. The first-order valence-corrected chi connectivity index (χ1v) is 31.1. The number of ether oxygens (including phenoxy) is 3. The van der Waals surface area contributed by atoms with E-state index >= 15 is 0 Å². The van der Waals surface area contributed by atoms with Gasteiger partial charge in [-0.05, 0) is 83.5 Å². The number of carbonyl (C=O) groups is 3. The molecule has 0 N–H and O–H groups in total. The van der Waals surface area contributed by atoms with Gasteiger partial charge in [0.1, 0.15) is 13.2 Å². The molecular formula is C67H116O6. The summed E-state index contributed by atoms with van der Waals surface area (Å²) in [7, 11) is 0. The first-order chi connectivity index (χ1) is 36.0. The van der Waals surface area contributed by atoms with Crippen LogP contribution in [-0.2, 0) is 28.6 Å². The number of carbonyl (C=O) groups excluding carboxylic acids is 3. The Balaban J connectivity index is 4.47. The average Bonchev–Trinajstić information content (AvgIpc) is 3.39. The summed E-state index contributed by atoms with van der Waals surface area (Å²) >= 11 is 0. The molecule has 420 valence electrons.